The number of Topliss-reactive ketones (excluding diaryl/α,β-unsaturated/α-hetero) is 1. The summed E-state index contributed by atoms with van der Waals surface area (Å²) in [6, 6.07) is 4.72. The van der Waals surface area contributed by atoms with E-state index in [9.17, 15) is 9.59 Å². The summed E-state index contributed by atoms with van der Waals surface area (Å²) in [6.45, 7) is 0. The number of thioether (sulfide) groups is 1. The summed E-state index contributed by atoms with van der Waals surface area (Å²) in [5, 5.41) is 12.2. The van der Waals surface area contributed by atoms with Gasteiger partial charge in [-0.05, 0) is 18.2 Å². The van der Waals surface area contributed by atoms with Crippen LogP contribution in [0.5, 0.6) is 0 Å². The molecule has 0 aliphatic carbocycles. The molecule has 0 bridgehead atoms. The maximum absolute atomic E-state index is 12.1. The number of aromatic nitrogens is 4. The van der Waals surface area contributed by atoms with Gasteiger partial charge in [0.1, 0.15) is 6.20 Å². The maximum Gasteiger partial charge on any atom is 0.293 e. The van der Waals surface area contributed by atoms with Crippen LogP contribution >= 0.6 is 46.3 Å². The predicted molar refractivity (Wildman–Crippen MR) is 86.4 cm³/mol. The number of fused-ring (bicyclic) bond motifs is 1. The summed E-state index contributed by atoms with van der Waals surface area (Å²) < 4.78 is 1.72. The van der Waals surface area contributed by atoms with E-state index in [1.165, 1.54) is 29.2 Å². The van der Waals surface area contributed by atoms with Gasteiger partial charge in [-0.3, -0.25) is 9.59 Å². The Bertz CT molecular complexity index is 925. The molecule has 22 heavy (non-hydrogen) atoms. The average Bonchev–Trinajstić information content (AvgIpc) is 2.92. The van der Waals surface area contributed by atoms with Crippen LogP contribution in [0.1, 0.15) is 10.4 Å². The lowest BCUT2D eigenvalue weighted by molar-refractivity contribution is 0.102. The van der Waals surface area contributed by atoms with Gasteiger partial charge in [-0.25, -0.2) is 0 Å². The maximum atomic E-state index is 12.1. The molecule has 10 heteroatoms. The second kappa shape index (κ2) is 6.33. The first kappa shape index (κ1) is 15.4. The van der Waals surface area contributed by atoms with Gasteiger partial charge in [-0.15, -0.1) is 10.2 Å². The van der Waals surface area contributed by atoms with E-state index in [4.69, 9.17) is 23.2 Å². The number of halogens is 2. The minimum Gasteiger partial charge on any atom is -0.293 e. The first-order chi connectivity index (χ1) is 10.5. The lowest BCUT2D eigenvalue weighted by Crippen LogP contribution is -2.14. The largest absolute Gasteiger partial charge is 0.293 e. The zero-order chi connectivity index (χ0) is 15.7. The summed E-state index contributed by atoms with van der Waals surface area (Å²) in [4.78, 5) is 24.0. The molecule has 0 unspecified atom stereocenters. The van der Waals surface area contributed by atoms with E-state index in [-0.39, 0.29) is 17.1 Å². The van der Waals surface area contributed by atoms with E-state index in [0.29, 0.717) is 24.9 Å². The van der Waals surface area contributed by atoms with Crippen molar-refractivity contribution in [1.29, 1.82) is 0 Å². The van der Waals surface area contributed by atoms with Crippen molar-refractivity contribution in [3.05, 3.63) is 50.4 Å². The monoisotopic (exact) mass is 372 g/mol. The van der Waals surface area contributed by atoms with Gasteiger partial charge in [-0.2, -0.15) is 9.61 Å². The van der Waals surface area contributed by atoms with Crippen molar-refractivity contribution in [2.45, 2.75) is 4.34 Å². The first-order valence-corrected chi connectivity index (χ1v) is 8.43. The lowest BCUT2D eigenvalue weighted by Gasteiger charge is -2.01. The molecule has 0 fully saturated rings. The van der Waals surface area contributed by atoms with Crippen molar-refractivity contribution in [2.24, 2.45) is 0 Å². The average molecular weight is 373 g/mol. The number of carbonyl (C=O) groups excluding carboxylic acids is 1. The fourth-order valence-corrected chi connectivity index (χ4v) is 3.67. The lowest BCUT2D eigenvalue weighted by atomic mass is 10.1. The fraction of sp³-hybridized carbons (Fsp3) is 0.0833. The van der Waals surface area contributed by atoms with Crippen molar-refractivity contribution in [3.63, 3.8) is 0 Å². The van der Waals surface area contributed by atoms with Gasteiger partial charge in [0.25, 0.3) is 5.56 Å². The third-order valence-electron chi connectivity index (χ3n) is 2.63. The highest BCUT2D eigenvalue weighted by Gasteiger charge is 2.12. The Hall–Kier alpha value is -1.48. The van der Waals surface area contributed by atoms with Crippen LogP contribution in [0.3, 0.4) is 0 Å². The molecule has 2 heterocycles. The molecule has 3 aromatic rings. The van der Waals surface area contributed by atoms with E-state index < -0.39 is 0 Å². The van der Waals surface area contributed by atoms with Crippen LogP contribution in [0.25, 0.3) is 4.96 Å². The number of rotatable bonds is 4. The quantitative estimate of drug-likeness (QED) is 0.517. The van der Waals surface area contributed by atoms with Crippen molar-refractivity contribution >= 4 is 57.0 Å². The smallest absolute Gasteiger partial charge is 0.293 e. The highest BCUT2D eigenvalue weighted by atomic mass is 35.5. The molecule has 2 aromatic heterocycles. The number of benzene rings is 1. The van der Waals surface area contributed by atoms with Crippen LogP contribution in [0.4, 0.5) is 0 Å². The molecule has 0 aliphatic heterocycles. The Morgan fingerprint density at radius 2 is 2.14 bits per heavy atom. The van der Waals surface area contributed by atoms with E-state index >= 15 is 0 Å². The zero-order valence-electron chi connectivity index (χ0n) is 10.7. The minimum atomic E-state index is -0.357. The number of ketones is 1. The molecule has 3 rings (SSSR count). The first-order valence-electron chi connectivity index (χ1n) is 5.87. The van der Waals surface area contributed by atoms with Crippen molar-refractivity contribution in [2.75, 3.05) is 5.75 Å². The Balaban J connectivity index is 1.75. The van der Waals surface area contributed by atoms with E-state index in [0.717, 1.165) is 10.7 Å². The summed E-state index contributed by atoms with van der Waals surface area (Å²) >= 11 is 14.1. The van der Waals surface area contributed by atoms with Crippen LogP contribution in [0, 0.1) is 0 Å². The van der Waals surface area contributed by atoms with Gasteiger partial charge in [0.05, 0.1) is 15.8 Å². The van der Waals surface area contributed by atoms with Gasteiger partial charge in [0, 0.05) is 5.56 Å². The van der Waals surface area contributed by atoms with Crippen molar-refractivity contribution in [3.8, 4) is 0 Å². The summed E-state index contributed by atoms with van der Waals surface area (Å²) in [5.41, 5.74) is 0.115. The molecule has 0 atom stereocenters. The molecule has 0 saturated heterocycles. The van der Waals surface area contributed by atoms with Crippen molar-refractivity contribution < 1.29 is 4.79 Å². The molecule has 6 nitrogen and oxygen atoms in total. The van der Waals surface area contributed by atoms with E-state index in [1.54, 1.807) is 12.1 Å². The molecular weight excluding hydrogens is 367 g/mol. The zero-order valence-corrected chi connectivity index (χ0v) is 13.8. The molecule has 1 aromatic carbocycles. The normalized spacial score (nSPS) is 11.0. The minimum absolute atomic E-state index is 0.110. The Morgan fingerprint density at radius 3 is 2.86 bits per heavy atom. The van der Waals surface area contributed by atoms with Crippen LogP contribution in [0.15, 0.2) is 33.5 Å². The highest BCUT2D eigenvalue weighted by Crippen LogP contribution is 2.26. The van der Waals surface area contributed by atoms with Crippen LogP contribution in [-0.2, 0) is 0 Å². The van der Waals surface area contributed by atoms with Crippen LogP contribution in [-0.4, -0.2) is 31.3 Å². The van der Waals surface area contributed by atoms with Crippen LogP contribution in [0.2, 0.25) is 10.0 Å². The number of nitrogens with zero attached hydrogens (tertiary/aromatic N) is 4. The summed E-state index contributed by atoms with van der Waals surface area (Å²) in [7, 11) is 0. The summed E-state index contributed by atoms with van der Waals surface area (Å²) in [6.07, 6.45) is 1.09. The molecule has 0 radical (unpaired) electrons. The van der Waals surface area contributed by atoms with Crippen molar-refractivity contribution in [1.82, 2.24) is 19.8 Å². The second-order valence-corrected chi connectivity index (χ2v) is 7.08. The topological polar surface area (TPSA) is 77.2 Å². The number of carbonyl (C=O) groups is 1. The van der Waals surface area contributed by atoms with Crippen LogP contribution < -0.4 is 5.56 Å². The highest BCUT2D eigenvalue weighted by molar-refractivity contribution is 8.01. The SMILES string of the molecule is O=C(CSc1nn2c(=O)cnnc2s1)c1ccc(Cl)c(Cl)c1. The second-order valence-electron chi connectivity index (χ2n) is 4.09. The molecule has 0 saturated carbocycles. The Labute approximate surface area is 142 Å². The van der Waals surface area contributed by atoms with Gasteiger partial charge in [0.2, 0.25) is 4.96 Å². The van der Waals surface area contributed by atoms with E-state index in [1.807, 2.05) is 0 Å². The Kier molecular flexibility index (Phi) is 4.44. The predicted octanol–water partition coefficient (Wildman–Crippen LogP) is 2.83. The molecule has 0 amide bonds. The van der Waals surface area contributed by atoms with Gasteiger partial charge >= 0.3 is 0 Å². The fourth-order valence-electron chi connectivity index (χ4n) is 1.59. The van der Waals surface area contributed by atoms with E-state index in [2.05, 4.69) is 15.3 Å². The van der Waals surface area contributed by atoms with Gasteiger partial charge < -0.3 is 0 Å². The molecule has 0 N–H and O–H groups in total. The third kappa shape index (κ3) is 3.14. The number of hydrogen-bond donors (Lipinski definition) is 0. The molecule has 0 spiro atoms. The summed E-state index contributed by atoms with van der Waals surface area (Å²) in [5.74, 6) is 0.0567. The van der Waals surface area contributed by atoms with Gasteiger partial charge in [0.15, 0.2) is 10.1 Å². The number of hydrogen-bond acceptors (Lipinski definition) is 7. The third-order valence-corrected chi connectivity index (χ3v) is 5.40. The molecule has 112 valence electrons. The Morgan fingerprint density at radius 1 is 1.32 bits per heavy atom. The molecule has 0 aliphatic rings. The van der Waals surface area contributed by atoms with Gasteiger partial charge in [-0.1, -0.05) is 46.3 Å². The molecular formula is C12H6Cl2N4O2S2. The standard InChI is InChI=1S/C12H6Cl2N4O2S2/c13-7-2-1-6(3-8(7)14)9(19)5-21-12-17-18-10(20)4-15-16-11(18)22-12/h1-4H,5H2.